The van der Waals surface area contributed by atoms with Crippen molar-refractivity contribution < 1.29 is 0 Å². The molecule has 0 unspecified atom stereocenters. The van der Waals surface area contributed by atoms with Crippen LogP contribution in [0.4, 0.5) is 0 Å². The Morgan fingerprint density at radius 1 is 0.357 bits per heavy atom. The van der Waals surface area contributed by atoms with E-state index in [4.69, 9.17) is 4.98 Å². The summed E-state index contributed by atoms with van der Waals surface area (Å²) in [5.74, 6) is 0.655. The lowest BCUT2D eigenvalue weighted by Crippen LogP contribution is -2.06. The fraction of sp³-hybridized carbons (Fsp3) is 0.0923. The number of hydrogen-bond donors (Lipinski definition) is 0. The summed E-state index contributed by atoms with van der Waals surface area (Å²) in [6.45, 7) is 12.6. The predicted octanol–water partition coefficient (Wildman–Crippen LogP) is 16.7. The molecule has 0 atom stereocenters. The van der Waals surface area contributed by atoms with Gasteiger partial charge in [-0.2, -0.15) is 5.26 Å². The van der Waals surface area contributed by atoms with Crippen LogP contribution in [-0.2, 0) is 0 Å². The molecule has 0 saturated heterocycles. The zero-order valence-corrected chi connectivity index (χ0v) is 40.1. The maximum absolute atomic E-state index is 11.3. The van der Waals surface area contributed by atoms with Crippen molar-refractivity contribution >= 4 is 43.6 Å². The minimum atomic E-state index is 0.526. The van der Waals surface area contributed by atoms with Gasteiger partial charge in [0.05, 0.1) is 50.8 Å². The molecule has 0 aliphatic heterocycles. The smallest absolute Gasteiger partial charge is 0.126 e. The van der Waals surface area contributed by atoms with Gasteiger partial charge in [-0.25, -0.2) is 9.97 Å². The van der Waals surface area contributed by atoms with Gasteiger partial charge in [0.1, 0.15) is 5.82 Å². The summed E-state index contributed by atoms with van der Waals surface area (Å²) < 4.78 is 4.86. The fourth-order valence-electron chi connectivity index (χ4n) is 10.9. The standard InChI is InChI=1S/C65H49N5/c1-39-15-7-11-19-50(39)45-23-27-54-55-28-24-46(51-20-12-8-16-40(51)2)33-61(55)69(60(54)32-45)64-36-49(38-66)58(59-31-43(5)67-44(6)68-59)37-65(64)70-62-34-47(52-21-13-9-17-41(52)3)25-29-56(62)57-30-26-48(35-63(57)70)53-22-14-10-18-42(53)4/h7-37H,1-6H3. The number of nitriles is 1. The summed E-state index contributed by atoms with van der Waals surface area (Å²) in [5.41, 5.74) is 22.9. The molecule has 0 spiro atoms. The lowest BCUT2D eigenvalue weighted by Gasteiger charge is -2.20. The predicted molar refractivity (Wildman–Crippen MR) is 291 cm³/mol. The molecular weight excluding hydrogens is 851 g/mol. The third-order valence-electron chi connectivity index (χ3n) is 14.3. The number of rotatable bonds is 7. The third kappa shape index (κ3) is 6.99. The quantitative estimate of drug-likeness (QED) is 0.160. The summed E-state index contributed by atoms with van der Waals surface area (Å²) in [4.78, 5) is 9.67. The van der Waals surface area contributed by atoms with Crippen LogP contribution < -0.4 is 0 Å². The van der Waals surface area contributed by atoms with Crippen molar-refractivity contribution in [3.05, 3.63) is 227 Å². The molecule has 0 amide bonds. The van der Waals surface area contributed by atoms with Gasteiger partial charge < -0.3 is 9.13 Å². The molecule has 70 heavy (non-hydrogen) atoms. The lowest BCUT2D eigenvalue weighted by atomic mass is 9.98. The van der Waals surface area contributed by atoms with Crippen molar-refractivity contribution in [2.45, 2.75) is 41.5 Å². The van der Waals surface area contributed by atoms with E-state index < -0.39 is 0 Å². The Balaban J connectivity index is 1.28. The molecule has 0 aliphatic carbocycles. The fourth-order valence-corrected chi connectivity index (χ4v) is 10.9. The first-order chi connectivity index (χ1) is 34.1. The van der Waals surface area contributed by atoms with Crippen LogP contribution >= 0.6 is 0 Å². The minimum Gasteiger partial charge on any atom is -0.307 e. The van der Waals surface area contributed by atoms with Gasteiger partial charge in [0.2, 0.25) is 0 Å². The number of aromatic nitrogens is 4. The number of hydrogen-bond acceptors (Lipinski definition) is 3. The van der Waals surface area contributed by atoms with Crippen molar-refractivity contribution in [1.29, 1.82) is 5.26 Å². The summed E-state index contributed by atoms with van der Waals surface area (Å²) in [6.07, 6.45) is 0. The van der Waals surface area contributed by atoms with Gasteiger partial charge in [0.25, 0.3) is 0 Å². The summed E-state index contributed by atoms with van der Waals surface area (Å²) in [6, 6.07) is 70.9. The molecule has 5 heteroatoms. The summed E-state index contributed by atoms with van der Waals surface area (Å²) in [5, 5.41) is 15.9. The molecule has 12 aromatic rings. The minimum absolute atomic E-state index is 0.526. The maximum Gasteiger partial charge on any atom is 0.126 e. The van der Waals surface area contributed by atoms with Crippen molar-refractivity contribution in [3.8, 4) is 73.2 Å². The first-order valence-corrected chi connectivity index (χ1v) is 24.0. The Morgan fingerprint density at radius 2 is 0.700 bits per heavy atom. The SMILES string of the molecule is Cc1cc(-c2cc(-n3c4cc(-c5ccccc5C)ccc4c4ccc(-c5ccccc5C)cc43)c(-n3c4cc(-c5ccccc5C)ccc4c4ccc(-c5ccccc5C)cc43)cc2C#N)nc(C)n1. The average molecular weight is 900 g/mol. The van der Waals surface area contributed by atoms with Gasteiger partial charge in [-0.1, -0.05) is 146 Å². The van der Waals surface area contributed by atoms with Crippen molar-refractivity contribution in [2.24, 2.45) is 0 Å². The normalized spacial score (nSPS) is 11.6. The molecule has 0 saturated carbocycles. The molecule has 3 heterocycles. The van der Waals surface area contributed by atoms with E-state index in [0.29, 0.717) is 17.1 Å². The van der Waals surface area contributed by atoms with Crippen LogP contribution in [0.1, 0.15) is 39.3 Å². The average Bonchev–Trinajstić information content (AvgIpc) is 3.87. The van der Waals surface area contributed by atoms with Crippen LogP contribution in [0, 0.1) is 52.9 Å². The number of aryl methyl sites for hydroxylation is 6. The van der Waals surface area contributed by atoms with E-state index in [2.05, 4.69) is 230 Å². The van der Waals surface area contributed by atoms with Gasteiger partial charge in [-0.15, -0.1) is 0 Å². The lowest BCUT2D eigenvalue weighted by molar-refractivity contribution is 1.01. The Bertz CT molecular complexity index is 3930. The topological polar surface area (TPSA) is 59.4 Å². The number of benzene rings is 9. The second-order valence-corrected chi connectivity index (χ2v) is 18.8. The molecule has 0 radical (unpaired) electrons. The largest absolute Gasteiger partial charge is 0.307 e. The Labute approximate surface area is 408 Å². The molecule has 0 bridgehead atoms. The van der Waals surface area contributed by atoms with E-state index >= 15 is 0 Å². The van der Waals surface area contributed by atoms with Crippen LogP contribution in [0.2, 0.25) is 0 Å². The van der Waals surface area contributed by atoms with Crippen molar-refractivity contribution in [1.82, 2.24) is 19.1 Å². The molecule has 334 valence electrons. The van der Waals surface area contributed by atoms with E-state index in [9.17, 15) is 5.26 Å². The third-order valence-corrected chi connectivity index (χ3v) is 14.3. The zero-order valence-electron chi connectivity index (χ0n) is 40.1. The molecule has 0 N–H and O–H groups in total. The highest BCUT2D eigenvalue weighted by atomic mass is 15.1. The monoisotopic (exact) mass is 899 g/mol. The zero-order chi connectivity index (χ0) is 47.8. The first kappa shape index (κ1) is 42.5. The molecule has 12 rings (SSSR count). The highest BCUT2D eigenvalue weighted by molar-refractivity contribution is 6.14. The van der Waals surface area contributed by atoms with Crippen molar-refractivity contribution in [3.63, 3.8) is 0 Å². The van der Waals surface area contributed by atoms with Gasteiger partial charge >= 0.3 is 0 Å². The van der Waals surface area contributed by atoms with Crippen LogP contribution in [0.3, 0.4) is 0 Å². The van der Waals surface area contributed by atoms with E-state index in [1.54, 1.807) is 0 Å². The molecule has 9 aromatic carbocycles. The molecule has 0 aliphatic rings. The van der Waals surface area contributed by atoms with Gasteiger partial charge in [-0.3, -0.25) is 0 Å². The van der Waals surface area contributed by atoms with Gasteiger partial charge in [0.15, 0.2) is 0 Å². The molecule has 3 aromatic heterocycles. The maximum atomic E-state index is 11.3. The summed E-state index contributed by atoms with van der Waals surface area (Å²) in [7, 11) is 0. The number of fused-ring (bicyclic) bond motifs is 6. The van der Waals surface area contributed by atoms with Crippen LogP contribution in [-0.4, -0.2) is 19.1 Å². The second kappa shape index (κ2) is 16.7. The molecular formula is C65H49N5. The van der Waals surface area contributed by atoms with Crippen LogP contribution in [0.15, 0.2) is 188 Å². The Hall–Kier alpha value is -8.85. The van der Waals surface area contributed by atoms with E-state index in [1.165, 1.54) is 44.5 Å². The highest BCUT2D eigenvalue weighted by Crippen LogP contribution is 2.44. The van der Waals surface area contributed by atoms with Gasteiger partial charge in [-0.05, 0) is 151 Å². The highest BCUT2D eigenvalue weighted by Gasteiger charge is 2.25. The number of nitrogens with zero attached hydrogens (tertiary/aromatic N) is 5. The van der Waals surface area contributed by atoms with E-state index in [0.717, 1.165) is 88.5 Å². The summed E-state index contributed by atoms with van der Waals surface area (Å²) >= 11 is 0. The molecule has 0 fully saturated rings. The van der Waals surface area contributed by atoms with E-state index in [-0.39, 0.29) is 0 Å². The Morgan fingerprint density at radius 3 is 1.03 bits per heavy atom. The molecule has 5 nitrogen and oxygen atoms in total. The van der Waals surface area contributed by atoms with Crippen LogP contribution in [0.25, 0.3) is 111 Å². The van der Waals surface area contributed by atoms with Crippen LogP contribution in [0.5, 0.6) is 0 Å². The Kier molecular flexibility index (Phi) is 10.2. The van der Waals surface area contributed by atoms with Crippen molar-refractivity contribution in [2.75, 3.05) is 0 Å². The first-order valence-electron chi connectivity index (χ1n) is 24.0. The second-order valence-electron chi connectivity index (χ2n) is 18.8. The van der Waals surface area contributed by atoms with Gasteiger partial charge in [0, 0.05) is 32.8 Å². The van der Waals surface area contributed by atoms with E-state index in [1.807, 2.05) is 19.9 Å².